The van der Waals surface area contributed by atoms with Gasteiger partial charge in [0.1, 0.15) is 16.6 Å². The molecule has 1 atom stereocenters. The van der Waals surface area contributed by atoms with E-state index in [-0.39, 0.29) is 17.4 Å². The lowest BCUT2D eigenvalue weighted by atomic mass is 10.1. The Labute approximate surface area is 174 Å². The molecule has 0 unspecified atom stereocenters. The summed E-state index contributed by atoms with van der Waals surface area (Å²) in [6.07, 6.45) is 3.11. The minimum absolute atomic E-state index is 0.0414. The number of hydrogen-bond donors (Lipinski definition) is 1. The molecular weight excluding hydrogens is 414 g/mol. The van der Waals surface area contributed by atoms with Gasteiger partial charge in [-0.05, 0) is 37.5 Å². The van der Waals surface area contributed by atoms with Gasteiger partial charge in [0, 0.05) is 19.2 Å². The Morgan fingerprint density at radius 1 is 1.55 bits per heavy atom. The first-order valence-electron chi connectivity index (χ1n) is 8.74. The van der Waals surface area contributed by atoms with E-state index in [9.17, 15) is 20.2 Å². The van der Waals surface area contributed by atoms with E-state index in [1.807, 2.05) is 6.07 Å². The summed E-state index contributed by atoms with van der Waals surface area (Å²) in [7, 11) is 0. The number of nitrogens with one attached hydrogen (secondary N) is 1. The summed E-state index contributed by atoms with van der Waals surface area (Å²) in [6, 6.07) is 6.38. The second-order valence-electron chi connectivity index (χ2n) is 6.19. The van der Waals surface area contributed by atoms with E-state index in [0.717, 1.165) is 29.6 Å². The molecule has 1 aromatic heterocycles. The largest absolute Gasteiger partial charge is 0.376 e. The van der Waals surface area contributed by atoms with Crippen LogP contribution < -0.4 is 5.32 Å². The van der Waals surface area contributed by atoms with Gasteiger partial charge in [0.25, 0.3) is 11.6 Å². The van der Waals surface area contributed by atoms with E-state index < -0.39 is 10.8 Å². The third-order valence-corrected chi connectivity index (χ3v) is 6.03. The van der Waals surface area contributed by atoms with Crippen LogP contribution in [0.4, 0.5) is 5.69 Å². The maximum Gasteiger partial charge on any atom is 0.283 e. The van der Waals surface area contributed by atoms with Crippen LogP contribution in [0.1, 0.15) is 23.4 Å². The van der Waals surface area contributed by atoms with Crippen molar-refractivity contribution in [3.8, 4) is 6.07 Å². The molecule has 0 aliphatic carbocycles. The molecule has 0 saturated carbocycles. The fourth-order valence-electron chi connectivity index (χ4n) is 2.69. The quantitative estimate of drug-likeness (QED) is 0.306. The van der Waals surface area contributed by atoms with E-state index in [0.29, 0.717) is 28.0 Å². The fourth-order valence-corrected chi connectivity index (χ4v) is 4.55. The molecule has 1 aromatic carbocycles. The van der Waals surface area contributed by atoms with Crippen LogP contribution in [-0.2, 0) is 9.53 Å². The van der Waals surface area contributed by atoms with E-state index in [2.05, 4.69) is 15.5 Å². The maximum absolute atomic E-state index is 12.3. The molecule has 3 rings (SSSR count). The van der Waals surface area contributed by atoms with Gasteiger partial charge >= 0.3 is 0 Å². The minimum Gasteiger partial charge on any atom is -0.376 e. The van der Waals surface area contributed by atoms with Crippen LogP contribution >= 0.6 is 23.1 Å². The summed E-state index contributed by atoms with van der Waals surface area (Å²) in [5, 5.41) is 32.1. The average molecular weight is 431 g/mol. The fraction of sp³-hybridized carbons (Fsp3) is 0.333. The van der Waals surface area contributed by atoms with Gasteiger partial charge in [-0.15, -0.1) is 10.2 Å². The number of carbonyl (C=O) groups excluding carboxylic acids is 1. The molecule has 9 nitrogen and oxygen atoms in total. The van der Waals surface area contributed by atoms with Crippen LogP contribution in [0.25, 0.3) is 6.08 Å². The topological polar surface area (TPSA) is 131 Å². The summed E-state index contributed by atoms with van der Waals surface area (Å²) < 4.78 is 6.03. The number of nitrogens with zero attached hydrogens (tertiary/aromatic N) is 4. The highest BCUT2D eigenvalue weighted by atomic mass is 32.2. The number of aromatic nitrogens is 2. The summed E-state index contributed by atoms with van der Waals surface area (Å²) in [5.74, 6) is -0.534. The van der Waals surface area contributed by atoms with Crippen LogP contribution in [0.15, 0.2) is 33.0 Å². The first kappa shape index (κ1) is 20.9. The van der Waals surface area contributed by atoms with Gasteiger partial charge in [-0.1, -0.05) is 29.2 Å². The molecule has 1 saturated heterocycles. The smallest absolute Gasteiger partial charge is 0.283 e. The number of rotatable bonds is 7. The van der Waals surface area contributed by atoms with Crippen molar-refractivity contribution in [2.75, 3.05) is 13.2 Å². The lowest BCUT2D eigenvalue weighted by molar-refractivity contribution is -0.387. The normalized spacial score (nSPS) is 16.4. The lowest BCUT2D eigenvalue weighted by Crippen LogP contribution is -2.32. The highest BCUT2D eigenvalue weighted by Crippen LogP contribution is 2.36. The molecule has 1 fully saturated rings. The molecule has 1 amide bonds. The number of benzene rings is 1. The van der Waals surface area contributed by atoms with Crippen LogP contribution in [0, 0.1) is 28.4 Å². The van der Waals surface area contributed by atoms with Gasteiger partial charge in [0.2, 0.25) is 0 Å². The Hall–Kier alpha value is -2.81. The van der Waals surface area contributed by atoms with Gasteiger partial charge < -0.3 is 10.1 Å². The molecule has 0 radical (unpaired) electrons. The Morgan fingerprint density at radius 2 is 2.38 bits per heavy atom. The zero-order valence-electron chi connectivity index (χ0n) is 15.5. The lowest BCUT2D eigenvalue weighted by Gasteiger charge is -2.10. The van der Waals surface area contributed by atoms with E-state index >= 15 is 0 Å². The number of nitro benzene ring substituents is 1. The Kier molecular flexibility index (Phi) is 6.92. The molecule has 0 bridgehead atoms. The Bertz CT molecular complexity index is 992. The third-order valence-electron chi connectivity index (χ3n) is 4.07. The van der Waals surface area contributed by atoms with Gasteiger partial charge in [0.05, 0.1) is 15.9 Å². The molecule has 1 aliphatic heterocycles. The van der Waals surface area contributed by atoms with Crippen molar-refractivity contribution >= 4 is 40.8 Å². The maximum atomic E-state index is 12.3. The van der Waals surface area contributed by atoms with Crippen LogP contribution in [0.3, 0.4) is 0 Å². The predicted octanol–water partition coefficient (Wildman–Crippen LogP) is 3.11. The van der Waals surface area contributed by atoms with Crippen molar-refractivity contribution in [3.05, 3.63) is 44.5 Å². The summed E-state index contributed by atoms with van der Waals surface area (Å²) in [6.45, 7) is 2.80. The number of aryl methyl sites for hydroxylation is 1. The average Bonchev–Trinajstić information content (AvgIpc) is 3.36. The van der Waals surface area contributed by atoms with Crippen LogP contribution in [0.5, 0.6) is 0 Å². The molecule has 1 N–H and O–H groups in total. The standard InChI is InChI=1S/C18H17N5O4S2/c1-11-21-22-18(28-11)29-16-5-4-12(8-15(16)23(25)26)7-13(9-19)17(24)20-10-14-3-2-6-27-14/h4-5,7-8,14H,2-3,6,10H2,1H3,(H,20,24)/b13-7+/t14-/m0/s1. The number of carbonyl (C=O) groups is 1. The van der Waals surface area contributed by atoms with Crippen molar-refractivity contribution in [2.24, 2.45) is 0 Å². The van der Waals surface area contributed by atoms with E-state index in [4.69, 9.17) is 4.74 Å². The van der Waals surface area contributed by atoms with Crippen molar-refractivity contribution in [1.82, 2.24) is 15.5 Å². The summed E-state index contributed by atoms with van der Waals surface area (Å²) in [4.78, 5) is 23.6. The number of nitro groups is 1. The molecular formula is C18H17N5O4S2. The summed E-state index contributed by atoms with van der Waals surface area (Å²) in [5.41, 5.74) is 0.129. The SMILES string of the molecule is Cc1nnc(Sc2ccc(/C=C(\C#N)C(=O)NC[C@@H]3CCCO3)cc2[N+](=O)[O-])s1. The molecule has 0 spiro atoms. The predicted molar refractivity (Wildman–Crippen MR) is 107 cm³/mol. The van der Waals surface area contributed by atoms with Crippen LogP contribution in [-0.4, -0.2) is 40.3 Å². The molecule has 11 heteroatoms. The van der Waals surface area contributed by atoms with E-state index in [1.54, 1.807) is 19.1 Å². The number of amides is 1. The zero-order valence-corrected chi connectivity index (χ0v) is 17.1. The number of ether oxygens (including phenoxy) is 1. The zero-order chi connectivity index (χ0) is 20.8. The second-order valence-corrected chi connectivity index (χ2v) is 8.66. The van der Waals surface area contributed by atoms with Crippen LogP contribution in [0.2, 0.25) is 0 Å². The number of nitriles is 1. The van der Waals surface area contributed by atoms with Crippen molar-refractivity contribution < 1.29 is 14.5 Å². The Morgan fingerprint density at radius 3 is 3.00 bits per heavy atom. The molecule has 2 aromatic rings. The van der Waals surface area contributed by atoms with Crippen molar-refractivity contribution in [2.45, 2.75) is 35.1 Å². The molecule has 1 aliphatic rings. The van der Waals surface area contributed by atoms with Gasteiger partial charge in [0.15, 0.2) is 4.34 Å². The third kappa shape index (κ3) is 5.60. The highest BCUT2D eigenvalue weighted by Gasteiger charge is 2.19. The van der Waals surface area contributed by atoms with E-state index in [1.165, 1.54) is 23.5 Å². The highest BCUT2D eigenvalue weighted by molar-refractivity contribution is 8.01. The number of hydrogen-bond acceptors (Lipinski definition) is 9. The summed E-state index contributed by atoms with van der Waals surface area (Å²) >= 11 is 2.49. The molecule has 29 heavy (non-hydrogen) atoms. The first-order valence-corrected chi connectivity index (χ1v) is 10.4. The second kappa shape index (κ2) is 9.60. The van der Waals surface area contributed by atoms with Crippen molar-refractivity contribution in [3.63, 3.8) is 0 Å². The van der Waals surface area contributed by atoms with Gasteiger partial charge in [-0.2, -0.15) is 5.26 Å². The van der Waals surface area contributed by atoms with Crippen molar-refractivity contribution in [1.29, 1.82) is 5.26 Å². The van der Waals surface area contributed by atoms with Gasteiger partial charge in [-0.3, -0.25) is 14.9 Å². The Balaban J connectivity index is 1.77. The monoisotopic (exact) mass is 431 g/mol. The molecule has 2 heterocycles. The first-order chi connectivity index (χ1) is 14.0. The molecule has 150 valence electrons. The van der Waals surface area contributed by atoms with Gasteiger partial charge in [-0.25, -0.2) is 0 Å². The minimum atomic E-state index is -0.534.